The summed E-state index contributed by atoms with van der Waals surface area (Å²) in [5.74, 6) is 1.85. The SMILES string of the molecule is CCSCC(C)C(=O)OC. The summed E-state index contributed by atoms with van der Waals surface area (Å²) < 4.78 is 4.56. The number of carbonyl (C=O) groups excluding carboxylic acids is 1. The smallest absolute Gasteiger partial charge is 0.309 e. The standard InChI is InChI=1S/C7H14O2S/c1-4-10-5-6(2)7(8)9-3/h6H,4-5H2,1-3H3. The van der Waals surface area contributed by atoms with Gasteiger partial charge in [0.2, 0.25) is 0 Å². The molecular weight excluding hydrogens is 148 g/mol. The van der Waals surface area contributed by atoms with Crippen LogP contribution in [-0.4, -0.2) is 24.6 Å². The maximum Gasteiger partial charge on any atom is 0.309 e. The van der Waals surface area contributed by atoms with E-state index in [-0.39, 0.29) is 11.9 Å². The lowest BCUT2D eigenvalue weighted by molar-refractivity contribution is -0.143. The first-order chi connectivity index (χ1) is 4.72. The Bertz CT molecular complexity index is 104. The first kappa shape index (κ1) is 9.82. The van der Waals surface area contributed by atoms with Gasteiger partial charge in [-0.1, -0.05) is 13.8 Å². The van der Waals surface area contributed by atoms with E-state index in [0.29, 0.717) is 0 Å². The van der Waals surface area contributed by atoms with Gasteiger partial charge in [-0.25, -0.2) is 0 Å². The van der Waals surface area contributed by atoms with E-state index in [0.717, 1.165) is 11.5 Å². The molecule has 0 saturated heterocycles. The van der Waals surface area contributed by atoms with Crippen LogP contribution in [-0.2, 0) is 9.53 Å². The Hall–Kier alpha value is -0.180. The monoisotopic (exact) mass is 162 g/mol. The molecule has 0 radical (unpaired) electrons. The van der Waals surface area contributed by atoms with Gasteiger partial charge in [-0.15, -0.1) is 0 Å². The molecule has 0 rings (SSSR count). The Kier molecular flexibility index (Phi) is 5.49. The van der Waals surface area contributed by atoms with Crippen LogP contribution in [0.15, 0.2) is 0 Å². The molecule has 2 nitrogen and oxygen atoms in total. The van der Waals surface area contributed by atoms with Crippen molar-refractivity contribution in [2.75, 3.05) is 18.6 Å². The fourth-order valence-electron chi connectivity index (χ4n) is 0.564. The van der Waals surface area contributed by atoms with E-state index in [1.54, 1.807) is 11.8 Å². The Labute approximate surface area is 66.3 Å². The van der Waals surface area contributed by atoms with Gasteiger partial charge in [-0.05, 0) is 5.75 Å². The first-order valence-electron chi connectivity index (χ1n) is 3.38. The van der Waals surface area contributed by atoms with Crippen molar-refractivity contribution in [3.05, 3.63) is 0 Å². The summed E-state index contributed by atoms with van der Waals surface area (Å²) in [4.78, 5) is 10.8. The predicted molar refractivity (Wildman–Crippen MR) is 44.2 cm³/mol. The number of ether oxygens (including phenoxy) is 1. The van der Waals surface area contributed by atoms with Crippen LogP contribution < -0.4 is 0 Å². The Morgan fingerprint density at radius 2 is 2.30 bits per heavy atom. The molecule has 3 heteroatoms. The minimum atomic E-state index is -0.110. The lowest BCUT2D eigenvalue weighted by Gasteiger charge is -2.06. The van der Waals surface area contributed by atoms with E-state index in [2.05, 4.69) is 11.7 Å². The van der Waals surface area contributed by atoms with Crippen molar-refractivity contribution in [3.63, 3.8) is 0 Å². The summed E-state index contributed by atoms with van der Waals surface area (Å²) in [6, 6.07) is 0. The van der Waals surface area contributed by atoms with Crippen molar-refractivity contribution in [3.8, 4) is 0 Å². The molecule has 1 atom stereocenters. The van der Waals surface area contributed by atoms with E-state index < -0.39 is 0 Å². The van der Waals surface area contributed by atoms with Crippen LogP contribution >= 0.6 is 11.8 Å². The largest absolute Gasteiger partial charge is 0.469 e. The highest BCUT2D eigenvalue weighted by molar-refractivity contribution is 7.99. The number of esters is 1. The molecule has 10 heavy (non-hydrogen) atoms. The van der Waals surface area contributed by atoms with Crippen LogP contribution in [0.1, 0.15) is 13.8 Å². The van der Waals surface area contributed by atoms with Crippen LogP contribution in [0.4, 0.5) is 0 Å². The zero-order chi connectivity index (χ0) is 7.98. The molecule has 0 bridgehead atoms. The van der Waals surface area contributed by atoms with E-state index in [9.17, 15) is 4.79 Å². The highest BCUT2D eigenvalue weighted by atomic mass is 32.2. The van der Waals surface area contributed by atoms with Gasteiger partial charge in [0.05, 0.1) is 13.0 Å². The number of thioether (sulfide) groups is 1. The van der Waals surface area contributed by atoms with Crippen LogP contribution in [0, 0.1) is 5.92 Å². The van der Waals surface area contributed by atoms with Gasteiger partial charge in [-0.2, -0.15) is 11.8 Å². The van der Waals surface area contributed by atoms with Gasteiger partial charge in [-0.3, -0.25) is 4.79 Å². The lowest BCUT2D eigenvalue weighted by atomic mass is 10.2. The lowest BCUT2D eigenvalue weighted by Crippen LogP contribution is -2.14. The second-order valence-corrected chi connectivity index (χ2v) is 3.40. The van der Waals surface area contributed by atoms with Gasteiger partial charge in [0.15, 0.2) is 0 Å². The van der Waals surface area contributed by atoms with Crippen LogP contribution in [0.3, 0.4) is 0 Å². The summed E-state index contributed by atoms with van der Waals surface area (Å²) in [5, 5.41) is 0. The fourth-order valence-corrected chi connectivity index (χ4v) is 1.29. The number of methoxy groups -OCH3 is 1. The van der Waals surface area contributed by atoms with Crippen LogP contribution in [0.25, 0.3) is 0 Å². The molecule has 0 spiro atoms. The molecule has 0 aliphatic rings. The van der Waals surface area contributed by atoms with Crippen LogP contribution in [0.2, 0.25) is 0 Å². The minimum absolute atomic E-state index is 0.0370. The number of carbonyl (C=O) groups is 1. The normalized spacial score (nSPS) is 12.7. The summed E-state index contributed by atoms with van der Waals surface area (Å²) in [6.45, 7) is 3.96. The Balaban J connectivity index is 3.41. The van der Waals surface area contributed by atoms with Gasteiger partial charge in [0.1, 0.15) is 0 Å². The van der Waals surface area contributed by atoms with Crippen molar-refractivity contribution in [1.82, 2.24) is 0 Å². The Morgan fingerprint density at radius 1 is 1.70 bits per heavy atom. The zero-order valence-corrected chi connectivity index (χ0v) is 7.53. The maximum atomic E-state index is 10.8. The highest BCUT2D eigenvalue weighted by Crippen LogP contribution is 2.08. The summed E-state index contributed by atoms with van der Waals surface area (Å²) in [6.07, 6.45) is 0. The van der Waals surface area contributed by atoms with Crippen molar-refractivity contribution >= 4 is 17.7 Å². The van der Waals surface area contributed by atoms with E-state index in [1.165, 1.54) is 7.11 Å². The van der Waals surface area contributed by atoms with Crippen molar-refractivity contribution in [1.29, 1.82) is 0 Å². The third-order valence-corrected chi connectivity index (χ3v) is 2.32. The fraction of sp³-hybridized carbons (Fsp3) is 0.857. The van der Waals surface area contributed by atoms with Crippen LogP contribution in [0.5, 0.6) is 0 Å². The van der Waals surface area contributed by atoms with Gasteiger partial charge >= 0.3 is 5.97 Å². The summed E-state index contributed by atoms with van der Waals surface area (Å²) in [5.41, 5.74) is 0. The average Bonchev–Trinajstić information content (AvgIpc) is 1.98. The van der Waals surface area contributed by atoms with Crippen molar-refractivity contribution in [2.24, 2.45) is 5.92 Å². The minimum Gasteiger partial charge on any atom is -0.469 e. The van der Waals surface area contributed by atoms with E-state index in [1.807, 2.05) is 6.92 Å². The molecule has 0 aliphatic heterocycles. The molecule has 0 aromatic carbocycles. The molecule has 0 aromatic rings. The third kappa shape index (κ3) is 3.77. The second-order valence-electron chi connectivity index (χ2n) is 2.08. The van der Waals surface area contributed by atoms with Gasteiger partial charge < -0.3 is 4.74 Å². The molecule has 1 unspecified atom stereocenters. The highest BCUT2D eigenvalue weighted by Gasteiger charge is 2.11. The van der Waals surface area contributed by atoms with Crippen molar-refractivity contribution < 1.29 is 9.53 Å². The van der Waals surface area contributed by atoms with E-state index in [4.69, 9.17) is 0 Å². The molecular formula is C7H14O2S. The first-order valence-corrected chi connectivity index (χ1v) is 4.53. The average molecular weight is 162 g/mol. The molecule has 0 aliphatic carbocycles. The maximum absolute atomic E-state index is 10.8. The van der Waals surface area contributed by atoms with Gasteiger partial charge in [0, 0.05) is 5.75 Å². The predicted octanol–water partition coefficient (Wildman–Crippen LogP) is 1.55. The second kappa shape index (κ2) is 5.59. The third-order valence-electron chi connectivity index (χ3n) is 1.18. The quantitative estimate of drug-likeness (QED) is 0.587. The van der Waals surface area contributed by atoms with Crippen molar-refractivity contribution in [2.45, 2.75) is 13.8 Å². The summed E-state index contributed by atoms with van der Waals surface area (Å²) in [7, 11) is 1.43. The summed E-state index contributed by atoms with van der Waals surface area (Å²) >= 11 is 1.76. The Morgan fingerprint density at radius 3 is 2.70 bits per heavy atom. The molecule has 60 valence electrons. The number of rotatable bonds is 4. The molecule has 0 aromatic heterocycles. The molecule has 0 fully saturated rings. The number of hydrogen-bond donors (Lipinski definition) is 0. The topological polar surface area (TPSA) is 26.3 Å². The molecule has 0 saturated carbocycles. The molecule has 0 N–H and O–H groups in total. The molecule has 0 heterocycles. The molecule has 0 amide bonds. The number of hydrogen-bond acceptors (Lipinski definition) is 3. The van der Waals surface area contributed by atoms with E-state index >= 15 is 0 Å². The zero-order valence-electron chi connectivity index (χ0n) is 6.72. The van der Waals surface area contributed by atoms with Gasteiger partial charge in [0.25, 0.3) is 0 Å².